The maximum atomic E-state index is 12.2. The first kappa shape index (κ1) is 25.4. The van der Waals surface area contributed by atoms with E-state index in [2.05, 4.69) is 5.32 Å². The molecule has 0 aliphatic heterocycles. The van der Waals surface area contributed by atoms with Crippen LogP contribution in [0.15, 0.2) is 60.7 Å². The van der Waals surface area contributed by atoms with Gasteiger partial charge in [-0.25, -0.2) is 4.79 Å². The molecule has 32 heavy (non-hydrogen) atoms. The van der Waals surface area contributed by atoms with E-state index in [1.165, 1.54) is 13.2 Å². The van der Waals surface area contributed by atoms with E-state index in [1.807, 2.05) is 44.2 Å². The maximum Gasteiger partial charge on any atom is 0.326 e. The third-order valence-corrected chi connectivity index (χ3v) is 5.28. The summed E-state index contributed by atoms with van der Waals surface area (Å²) >= 11 is 6.09. The van der Waals surface area contributed by atoms with Gasteiger partial charge in [-0.15, -0.1) is 0 Å². The minimum Gasteiger partial charge on any atom is -0.495 e. The van der Waals surface area contributed by atoms with Gasteiger partial charge in [-0.3, -0.25) is 4.79 Å². The summed E-state index contributed by atoms with van der Waals surface area (Å²) in [4.78, 5) is 23.8. The number of hydrogen-bond acceptors (Lipinski definition) is 4. The molecule has 2 N–H and O–H groups in total. The Kier molecular flexibility index (Phi) is 10.2. The minimum atomic E-state index is -1.12. The summed E-state index contributed by atoms with van der Waals surface area (Å²) in [5, 5.41) is 12.4. The molecule has 0 saturated carbocycles. The van der Waals surface area contributed by atoms with E-state index in [1.54, 1.807) is 24.3 Å². The highest BCUT2D eigenvalue weighted by Gasteiger charge is 2.20. The average Bonchev–Trinajstić information content (AvgIpc) is 2.77. The van der Waals surface area contributed by atoms with E-state index in [0.29, 0.717) is 22.8 Å². The lowest BCUT2D eigenvalue weighted by molar-refractivity contribution is -0.141. The normalized spacial score (nSPS) is 14.0. The Morgan fingerprint density at radius 1 is 1.16 bits per heavy atom. The summed E-state index contributed by atoms with van der Waals surface area (Å²) in [6.07, 6.45) is 4.59. The van der Waals surface area contributed by atoms with Crippen molar-refractivity contribution in [1.82, 2.24) is 5.32 Å². The van der Waals surface area contributed by atoms with Crippen molar-refractivity contribution in [2.24, 2.45) is 0 Å². The molecule has 0 bridgehead atoms. The number of halogens is 1. The van der Waals surface area contributed by atoms with Gasteiger partial charge in [0.05, 0.1) is 24.3 Å². The Balaban J connectivity index is 1.80. The number of nitrogens with one attached hydrogen (secondary N) is 1. The number of carbonyl (C=O) groups excluding carboxylic acids is 1. The maximum absolute atomic E-state index is 12.2. The quantitative estimate of drug-likeness (QED) is 0.438. The van der Waals surface area contributed by atoms with Crippen molar-refractivity contribution < 1.29 is 24.2 Å². The Hall–Kier alpha value is -2.83. The second kappa shape index (κ2) is 12.9. The van der Waals surface area contributed by atoms with Gasteiger partial charge < -0.3 is 19.9 Å². The topological polar surface area (TPSA) is 84.9 Å². The van der Waals surface area contributed by atoms with E-state index in [-0.39, 0.29) is 18.6 Å². The number of benzene rings is 2. The number of amides is 1. The first-order chi connectivity index (χ1) is 15.3. The Bertz CT molecular complexity index is 916. The number of carbonyl (C=O) groups is 2. The van der Waals surface area contributed by atoms with Crippen molar-refractivity contribution in [3.05, 3.63) is 76.8 Å². The molecule has 172 valence electrons. The monoisotopic (exact) mass is 459 g/mol. The highest BCUT2D eigenvalue weighted by atomic mass is 35.5. The van der Waals surface area contributed by atoms with Crippen LogP contribution in [0.4, 0.5) is 0 Å². The smallest absolute Gasteiger partial charge is 0.326 e. The summed E-state index contributed by atoms with van der Waals surface area (Å²) in [7, 11) is 1.50. The van der Waals surface area contributed by atoms with Crippen LogP contribution >= 0.6 is 11.6 Å². The number of allylic oxidation sites excluding steroid dienone is 1. The van der Waals surface area contributed by atoms with Crippen LogP contribution in [0.5, 0.6) is 5.75 Å². The molecule has 7 heteroatoms. The predicted octanol–water partition coefficient (Wildman–Crippen LogP) is 4.96. The van der Waals surface area contributed by atoms with Crippen LogP contribution in [0.2, 0.25) is 5.02 Å². The number of carboxylic acids is 1. The number of hydrogen-bond donors (Lipinski definition) is 2. The van der Waals surface area contributed by atoms with Crippen molar-refractivity contribution in [3.63, 3.8) is 0 Å². The zero-order valence-electron chi connectivity index (χ0n) is 18.6. The molecular weight excluding hydrogens is 430 g/mol. The fourth-order valence-electron chi connectivity index (χ4n) is 3.23. The molecule has 0 unspecified atom stereocenters. The summed E-state index contributed by atoms with van der Waals surface area (Å²) < 4.78 is 11.1. The zero-order chi connectivity index (χ0) is 23.5. The van der Waals surface area contributed by atoms with Crippen molar-refractivity contribution in [2.75, 3.05) is 7.11 Å². The summed E-state index contributed by atoms with van der Waals surface area (Å²) in [5.74, 6) is -1.07. The second-order valence-electron chi connectivity index (χ2n) is 7.55. The van der Waals surface area contributed by atoms with Crippen LogP contribution in [-0.4, -0.2) is 36.2 Å². The molecule has 0 saturated heterocycles. The molecule has 0 aliphatic carbocycles. The lowest BCUT2D eigenvalue weighted by Gasteiger charge is -2.19. The predicted molar refractivity (Wildman–Crippen MR) is 125 cm³/mol. The van der Waals surface area contributed by atoms with Crippen LogP contribution in [0.25, 0.3) is 0 Å². The van der Waals surface area contributed by atoms with Crippen LogP contribution in [-0.2, 0) is 20.7 Å². The zero-order valence-corrected chi connectivity index (χ0v) is 19.3. The summed E-state index contributed by atoms with van der Waals surface area (Å²) in [6, 6.07) is 13.9. The lowest BCUT2D eigenvalue weighted by Crippen LogP contribution is -2.41. The summed E-state index contributed by atoms with van der Waals surface area (Å²) in [5.41, 5.74) is 1.80. The first-order valence-corrected chi connectivity index (χ1v) is 10.9. The fourth-order valence-corrected chi connectivity index (χ4v) is 3.51. The van der Waals surface area contributed by atoms with E-state index in [4.69, 9.17) is 21.1 Å². The molecule has 0 aromatic heterocycles. The van der Waals surface area contributed by atoms with Gasteiger partial charge in [0.25, 0.3) is 0 Å². The molecule has 0 heterocycles. The molecule has 0 spiro atoms. The Labute approximate surface area is 194 Å². The van der Waals surface area contributed by atoms with E-state index in [0.717, 1.165) is 12.0 Å². The van der Waals surface area contributed by atoms with Crippen LogP contribution in [0.3, 0.4) is 0 Å². The molecular formula is C25H30ClNO5. The van der Waals surface area contributed by atoms with Gasteiger partial charge >= 0.3 is 5.97 Å². The standard InChI is InChI=1S/C25H30ClNO5/c1-17(32-18(2)20-10-5-4-6-11-20)9-7-8-12-24(28)27-22(25(29)30)16-19-13-14-23(31-3)21(26)15-19/h4-6,8,10-15,17-18,22H,7,9,16H2,1-3H3,(H,27,28)(H,29,30)/b12-8+/t17-,18-,22+/m0/s1. The van der Waals surface area contributed by atoms with Gasteiger partial charge in [0.2, 0.25) is 5.91 Å². The molecule has 0 fully saturated rings. The Morgan fingerprint density at radius 2 is 1.88 bits per heavy atom. The largest absolute Gasteiger partial charge is 0.495 e. The fraction of sp³-hybridized carbons (Fsp3) is 0.360. The van der Waals surface area contributed by atoms with Gasteiger partial charge in [0.15, 0.2) is 0 Å². The van der Waals surface area contributed by atoms with E-state index >= 15 is 0 Å². The average molecular weight is 460 g/mol. The van der Waals surface area contributed by atoms with Crippen molar-refractivity contribution in [2.45, 2.75) is 51.4 Å². The molecule has 0 radical (unpaired) electrons. The number of rotatable bonds is 12. The van der Waals surface area contributed by atoms with Gasteiger partial charge in [0, 0.05) is 6.42 Å². The summed E-state index contributed by atoms with van der Waals surface area (Å²) in [6.45, 7) is 4.00. The first-order valence-electron chi connectivity index (χ1n) is 10.5. The molecule has 2 aromatic rings. The second-order valence-corrected chi connectivity index (χ2v) is 7.96. The lowest BCUT2D eigenvalue weighted by atomic mass is 10.1. The highest BCUT2D eigenvalue weighted by molar-refractivity contribution is 6.32. The molecule has 2 aromatic carbocycles. The van der Waals surface area contributed by atoms with Crippen molar-refractivity contribution in [3.8, 4) is 5.75 Å². The van der Waals surface area contributed by atoms with Crippen molar-refractivity contribution in [1.29, 1.82) is 0 Å². The Morgan fingerprint density at radius 3 is 2.50 bits per heavy atom. The third kappa shape index (κ3) is 8.36. The van der Waals surface area contributed by atoms with Gasteiger partial charge in [-0.05, 0) is 56.0 Å². The number of carboxylic acid groups (broad SMARTS) is 1. The number of ether oxygens (including phenoxy) is 2. The molecule has 1 amide bonds. The van der Waals surface area contributed by atoms with E-state index in [9.17, 15) is 14.7 Å². The van der Waals surface area contributed by atoms with Crippen LogP contribution in [0, 0.1) is 0 Å². The van der Waals surface area contributed by atoms with Gasteiger partial charge in [-0.2, -0.15) is 0 Å². The number of methoxy groups -OCH3 is 1. The minimum absolute atomic E-state index is 0.0127. The SMILES string of the molecule is COc1ccc(C[C@@H](NC(=O)/C=C/CC[C@H](C)O[C@@H](C)c2ccccc2)C(=O)O)cc1Cl. The van der Waals surface area contributed by atoms with Crippen LogP contribution < -0.4 is 10.1 Å². The van der Waals surface area contributed by atoms with Crippen LogP contribution in [0.1, 0.15) is 43.9 Å². The third-order valence-electron chi connectivity index (χ3n) is 4.99. The molecule has 2 rings (SSSR count). The van der Waals surface area contributed by atoms with Crippen molar-refractivity contribution >= 4 is 23.5 Å². The number of aliphatic carboxylic acids is 1. The van der Waals surface area contributed by atoms with E-state index < -0.39 is 17.9 Å². The highest BCUT2D eigenvalue weighted by Crippen LogP contribution is 2.25. The molecule has 0 aliphatic rings. The molecule has 3 atom stereocenters. The molecule has 6 nitrogen and oxygen atoms in total. The van der Waals surface area contributed by atoms with Gasteiger partial charge in [-0.1, -0.05) is 54.1 Å². The van der Waals surface area contributed by atoms with Gasteiger partial charge in [0.1, 0.15) is 11.8 Å².